The van der Waals surface area contributed by atoms with Crippen molar-refractivity contribution in [2.24, 2.45) is 0 Å². The molecule has 0 radical (unpaired) electrons. The summed E-state index contributed by atoms with van der Waals surface area (Å²) in [4.78, 5) is 12.7. The largest absolute Gasteiger partial charge is 0.496 e. The van der Waals surface area contributed by atoms with Crippen molar-refractivity contribution in [2.75, 3.05) is 18.0 Å². The number of ether oxygens (including phenoxy) is 1. The maximum Gasteiger partial charge on any atom is 0.264 e. The van der Waals surface area contributed by atoms with Crippen LogP contribution in [0.25, 0.3) is 0 Å². The number of nitrogens with zero attached hydrogens (tertiary/aromatic N) is 1. The highest BCUT2D eigenvalue weighted by Crippen LogP contribution is 2.24. The fourth-order valence-corrected chi connectivity index (χ4v) is 4.59. The van der Waals surface area contributed by atoms with Gasteiger partial charge < -0.3 is 10.1 Å². The third kappa shape index (κ3) is 5.13. The highest BCUT2D eigenvalue weighted by atomic mass is 32.2. The summed E-state index contributed by atoms with van der Waals surface area (Å²) in [5, 5.41) is 2.81. The van der Waals surface area contributed by atoms with E-state index in [2.05, 4.69) is 11.9 Å². The molecule has 0 aliphatic heterocycles. The smallest absolute Gasteiger partial charge is 0.264 e. The number of sulfonamides is 1. The molecule has 0 atom stereocenters. The first-order chi connectivity index (χ1) is 15.0. The Morgan fingerprint density at radius 1 is 1.03 bits per heavy atom. The molecule has 0 bridgehead atoms. The van der Waals surface area contributed by atoms with E-state index < -0.39 is 10.0 Å². The summed E-state index contributed by atoms with van der Waals surface area (Å²) < 4.78 is 33.1. The standard InChI is InChI=1S/C24H24N2O4S/c1-3-16-26(21-12-5-4-6-13-21)31(28,29)22-14-9-11-19(17-22)24(27)25-18-20-10-7-8-15-23(20)30-2/h3-15,17H,1,16,18H2,2H3,(H,25,27). The molecule has 3 aromatic rings. The van der Waals surface area contributed by atoms with Crippen molar-refractivity contribution in [1.82, 2.24) is 5.32 Å². The van der Waals surface area contributed by atoms with E-state index in [-0.39, 0.29) is 29.5 Å². The lowest BCUT2D eigenvalue weighted by molar-refractivity contribution is 0.0950. The van der Waals surface area contributed by atoms with Gasteiger partial charge in [-0.3, -0.25) is 9.10 Å². The molecule has 31 heavy (non-hydrogen) atoms. The zero-order valence-electron chi connectivity index (χ0n) is 17.2. The van der Waals surface area contributed by atoms with Crippen molar-refractivity contribution in [1.29, 1.82) is 0 Å². The van der Waals surface area contributed by atoms with E-state index in [4.69, 9.17) is 4.74 Å². The molecular weight excluding hydrogens is 412 g/mol. The number of amides is 1. The van der Waals surface area contributed by atoms with Gasteiger partial charge in [0.25, 0.3) is 15.9 Å². The molecule has 0 aliphatic carbocycles. The first kappa shape index (κ1) is 22.1. The first-order valence-corrected chi connectivity index (χ1v) is 11.1. The molecule has 0 spiro atoms. The van der Waals surface area contributed by atoms with Gasteiger partial charge in [0.15, 0.2) is 0 Å². The number of methoxy groups -OCH3 is 1. The minimum atomic E-state index is -3.89. The van der Waals surface area contributed by atoms with Gasteiger partial charge in [-0.15, -0.1) is 6.58 Å². The molecular formula is C24H24N2O4S. The first-order valence-electron chi connectivity index (χ1n) is 9.66. The summed E-state index contributed by atoms with van der Waals surface area (Å²) in [6.07, 6.45) is 1.52. The lowest BCUT2D eigenvalue weighted by Crippen LogP contribution is -2.31. The van der Waals surface area contributed by atoms with E-state index in [1.54, 1.807) is 43.5 Å². The normalized spacial score (nSPS) is 10.9. The molecule has 1 N–H and O–H groups in total. The Balaban J connectivity index is 1.84. The number of rotatable bonds is 9. The van der Waals surface area contributed by atoms with Gasteiger partial charge in [0.05, 0.1) is 24.2 Å². The van der Waals surface area contributed by atoms with Crippen LogP contribution in [0.15, 0.2) is 96.4 Å². The molecule has 6 nitrogen and oxygen atoms in total. The zero-order chi connectivity index (χ0) is 22.3. The molecule has 0 unspecified atom stereocenters. The van der Waals surface area contributed by atoms with E-state index in [0.29, 0.717) is 11.4 Å². The van der Waals surface area contributed by atoms with Gasteiger partial charge in [0.2, 0.25) is 0 Å². The summed E-state index contributed by atoms with van der Waals surface area (Å²) in [7, 11) is -2.32. The Hall–Kier alpha value is -3.58. The van der Waals surface area contributed by atoms with Crippen LogP contribution in [0.5, 0.6) is 5.75 Å². The van der Waals surface area contributed by atoms with E-state index in [1.165, 1.54) is 22.5 Å². The Morgan fingerprint density at radius 2 is 1.74 bits per heavy atom. The van der Waals surface area contributed by atoms with E-state index in [9.17, 15) is 13.2 Å². The Bertz CT molecular complexity index is 1160. The van der Waals surface area contributed by atoms with Gasteiger partial charge >= 0.3 is 0 Å². The topological polar surface area (TPSA) is 75.7 Å². The van der Waals surface area contributed by atoms with Crippen molar-refractivity contribution in [3.63, 3.8) is 0 Å². The number of benzene rings is 3. The fraction of sp³-hybridized carbons (Fsp3) is 0.125. The second kappa shape index (κ2) is 9.95. The molecule has 0 saturated heterocycles. The lowest BCUT2D eigenvalue weighted by Gasteiger charge is -2.23. The molecule has 160 valence electrons. The van der Waals surface area contributed by atoms with Gasteiger partial charge in [0, 0.05) is 17.7 Å². The van der Waals surface area contributed by atoms with Crippen LogP contribution in [0.1, 0.15) is 15.9 Å². The number of hydrogen-bond acceptors (Lipinski definition) is 4. The van der Waals surface area contributed by atoms with Crippen LogP contribution < -0.4 is 14.4 Å². The number of para-hydroxylation sites is 2. The van der Waals surface area contributed by atoms with Gasteiger partial charge in [-0.1, -0.05) is 48.5 Å². The summed E-state index contributed by atoms with van der Waals surface area (Å²) in [5.41, 5.74) is 1.60. The molecule has 0 fully saturated rings. The van der Waals surface area contributed by atoms with E-state index in [1.807, 2.05) is 30.3 Å². The quantitative estimate of drug-likeness (QED) is 0.515. The van der Waals surface area contributed by atoms with Crippen molar-refractivity contribution in [3.05, 3.63) is 103 Å². The summed E-state index contributed by atoms with van der Waals surface area (Å²) >= 11 is 0. The average molecular weight is 437 g/mol. The molecule has 1 amide bonds. The molecule has 0 aliphatic rings. The van der Waals surface area contributed by atoms with Crippen LogP contribution in [0, 0.1) is 0 Å². The van der Waals surface area contributed by atoms with Gasteiger partial charge in [-0.2, -0.15) is 0 Å². The molecule has 0 aromatic heterocycles. The monoisotopic (exact) mass is 436 g/mol. The van der Waals surface area contributed by atoms with E-state index in [0.717, 1.165) is 5.56 Å². The Labute approximate surface area is 182 Å². The maximum absolute atomic E-state index is 13.3. The predicted octanol–water partition coefficient (Wildman–Crippen LogP) is 4.01. The minimum Gasteiger partial charge on any atom is -0.496 e. The van der Waals surface area contributed by atoms with Crippen LogP contribution >= 0.6 is 0 Å². The number of nitrogens with one attached hydrogen (secondary N) is 1. The van der Waals surface area contributed by atoms with Crippen LogP contribution in [0.3, 0.4) is 0 Å². The van der Waals surface area contributed by atoms with Gasteiger partial charge in [-0.05, 0) is 36.4 Å². The lowest BCUT2D eigenvalue weighted by atomic mass is 10.2. The van der Waals surface area contributed by atoms with Crippen molar-refractivity contribution in [3.8, 4) is 5.75 Å². The average Bonchev–Trinajstić information content (AvgIpc) is 2.81. The third-order valence-electron chi connectivity index (χ3n) is 4.66. The SMILES string of the molecule is C=CCN(c1ccccc1)S(=O)(=O)c1cccc(C(=O)NCc2ccccc2OC)c1. The summed E-state index contributed by atoms with van der Waals surface area (Å²) in [6, 6.07) is 22.1. The predicted molar refractivity (Wildman–Crippen MR) is 122 cm³/mol. The molecule has 3 rings (SSSR count). The molecule has 3 aromatic carbocycles. The maximum atomic E-state index is 13.3. The number of hydrogen-bond donors (Lipinski definition) is 1. The summed E-state index contributed by atoms with van der Waals surface area (Å²) in [5.74, 6) is 0.292. The molecule has 0 saturated carbocycles. The third-order valence-corrected chi connectivity index (χ3v) is 6.45. The zero-order valence-corrected chi connectivity index (χ0v) is 18.0. The van der Waals surface area contributed by atoms with Crippen LogP contribution in [0.2, 0.25) is 0 Å². The highest BCUT2D eigenvalue weighted by Gasteiger charge is 2.24. The Morgan fingerprint density at radius 3 is 2.45 bits per heavy atom. The van der Waals surface area contributed by atoms with E-state index >= 15 is 0 Å². The number of carbonyl (C=O) groups excluding carboxylic acids is 1. The second-order valence-electron chi connectivity index (χ2n) is 6.68. The van der Waals surface area contributed by atoms with Crippen molar-refractivity contribution >= 4 is 21.6 Å². The second-order valence-corrected chi connectivity index (χ2v) is 8.55. The van der Waals surface area contributed by atoms with Crippen LogP contribution in [-0.4, -0.2) is 28.0 Å². The minimum absolute atomic E-state index is 0.0307. The molecule has 7 heteroatoms. The van der Waals surface area contributed by atoms with Gasteiger partial charge in [-0.25, -0.2) is 8.42 Å². The van der Waals surface area contributed by atoms with Gasteiger partial charge in [0.1, 0.15) is 5.75 Å². The number of anilines is 1. The van der Waals surface area contributed by atoms with Crippen LogP contribution in [-0.2, 0) is 16.6 Å². The van der Waals surface area contributed by atoms with Crippen LogP contribution in [0.4, 0.5) is 5.69 Å². The Kier molecular flexibility index (Phi) is 7.10. The van der Waals surface area contributed by atoms with Crippen molar-refractivity contribution < 1.29 is 17.9 Å². The number of carbonyl (C=O) groups is 1. The molecule has 0 heterocycles. The van der Waals surface area contributed by atoms with Crippen molar-refractivity contribution in [2.45, 2.75) is 11.4 Å². The fourth-order valence-electron chi connectivity index (χ4n) is 3.11. The summed E-state index contributed by atoms with van der Waals surface area (Å²) in [6.45, 7) is 4.03. The highest BCUT2D eigenvalue weighted by molar-refractivity contribution is 7.92.